The van der Waals surface area contributed by atoms with Gasteiger partial charge in [-0.05, 0) is 30.2 Å². The summed E-state index contributed by atoms with van der Waals surface area (Å²) in [6.45, 7) is 1.16. The van der Waals surface area contributed by atoms with Crippen LogP contribution in [0.15, 0.2) is 24.3 Å². The monoisotopic (exact) mass is 311 g/mol. The smallest absolute Gasteiger partial charge is 0.321 e. The zero-order valence-electron chi connectivity index (χ0n) is 12.8. The van der Waals surface area contributed by atoms with Crippen LogP contribution in [0, 0.1) is 17.2 Å². The predicted octanol–water partition coefficient (Wildman–Crippen LogP) is 1.64. The van der Waals surface area contributed by atoms with Crippen molar-refractivity contribution < 1.29 is 4.79 Å². The van der Waals surface area contributed by atoms with E-state index in [0.717, 1.165) is 18.4 Å². The van der Waals surface area contributed by atoms with Crippen molar-refractivity contribution in [2.75, 3.05) is 18.4 Å². The molecule has 8 heteroatoms. The van der Waals surface area contributed by atoms with Gasteiger partial charge in [0, 0.05) is 24.3 Å². The average Bonchev–Trinajstić information content (AvgIpc) is 3.02. The molecule has 2 amide bonds. The molecular formula is C15H17N7O. The third-order valence-electron chi connectivity index (χ3n) is 3.77. The minimum absolute atomic E-state index is 0.0790. The molecule has 1 fully saturated rings. The molecule has 3 rings (SSSR count). The summed E-state index contributed by atoms with van der Waals surface area (Å²) in [5, 5.41) is 23.8. The third-order valence-corrected chi connectivity index (χ3v) is 3.77. The van der Waals surface area contributed by atoms with Crippen molar-refractivity contribution in [2.45, 2.75) is 12.8 Å². The lowest BCUT2D eigenvalue weighted by atomic mass is 10.0. The Morgan fingerprint density at radius 1 is 1.48 bits per heavy atom. The number of carbonyl (C=O) groups excluding carboxylic acids is 1. The highest BCUT2D eigenvalue weighted by Gasteiger charge is 2.23. The molecule has 1 aliphatic heterocycles. The van der Waals surface area contributed by atoms with E-state index in [9.17, 15) is 4.79 Å². The summed E-state index contributed by atoms with van der Waals surface area (Å²) in [7, 11) is 1.70. The SMILES string of the molecule is Cn1nnc(-c2cccc(NC(=O)N3CCC[C@H](C#N)C3)c2)n1. The van der Waals surface area contributed by atoms with Crippen molar-refractivity contribution in [3.63, 3.8) is 0 Å². The lowest BCUT2D eigenvalue weighted by Gasteiger charge is -2.29. The molecule has 0 bridgehead atoms. The van der Waals surface area contributed by atoms with Crippen LogP contribution in [0.5, 0.6) is 0 Å². The number of aromatic nitrogens is 4. The van der Waals surface area contributed by atoms with E-state index in [1.54, 1.807) is 18.0 Å². The molecule has 2 heterocycles. The van der Waals surface area contributed by atoms with Crippen molar-refractivity contribution in [2.24, 2.45) is 13.0 Å². The molecule has 0 unspecified atom stereocenters. The minimum Gasteiger partial charge on any atom is -0.323 e. The van der Waals surface area contributed by atoms with E-state index in [2.05, 4.69) is 26.8 Å². The second-order valence-corrected chi connectivity index (χ2v) is 5.53. The summed E-state index contributed by atoms with van der Waals surface area (Å²) in [5.74, 6) is 0.427. The molecule has 0 spiro atoms. The Balaban J connectivity index is 1.70. The maximum atomic E-state index is 12.3. The highest BCUT2D eigenvalue weighted by Crippen LogP contribution is 2.20. The van der Waals surface area contributed by atoms with Crippen LogP contribution in [-0.2, 0) is 7.05 Å². The van der Waals surface area contributed by atoms with Crippen molar-refractivity contribution in [3.8, 4) is 17.5 Å². The van der Waals surface area contributed by atoms with Gasteiger partial charge in [0.15, 0.2) is 0 Å². The Bertz CT molecular complexity index is 748. The van der Waals surface area contributed by atoms with Crippen molar-refractivity contribution >= 4 is 11.7 Å². The van der Waals surface area contributed by atoms with Crippen molar-refractivity contribution in [1.82, 2.24) is 25.1 Å². The number of rotatable bonds is 2. The summed E-state index contributed by atoms with van der Waals surface area (Å²) < 4.78 is 0. The first-order valence-electron chi connectivity index (χ1n) is 7.45. The van der Waals surface area contributed by atoms with Crippen molar-refractivity contribution in [1.29, 1.82) is 5.26 Å². The van der Waals surface area contributed by atoms with Crippen LogP contribution in [0.4, 0.5) is 10.5 Å². The van der Waals surface area contributed by atoms with E-state index in [0.29, 0.717) is 24.6 Å². The Labute approximate surface area is 133 Å². The average molecular weight is 311 g/mol. The topological polar surface area (TPSA) is 99.7 Å². The van der Waals surface area contributed by atoms with E-state index in [1.165, 1.54) is 4.80 Å². The van der Waals surface area contributed by atoms with E-state index < -0.39 is 0 Å². The molecule has 1 N–H and O–H groups in total. The molecule has 1 aromatic carbocycles. The molecule has 0 saturated carbocycles. The first-order valence-corrected chi connectivity index (χ1v) is 7.45. The van der Waals surface area contributed by atoms with Crippen LogP contribution in [-0.4, -0.2) is 44.2 Å². The van der Waals surface area contributed by atoms with Gasteiger partial charge in [-0.25, -0.2) is 4.79 Å². The first-order chi connectivity index (χ1) is 11.2. The van der Waals surface area contributed by atoms with Gasteiger partial charge >= 0.3 is 6.03 Å². The Morgan fingerprint density at radius 2 is 2.35 bits per heavy atom. The van der Waals surface area contributed by atoms with Gasteiger partial charge in [-0.3, -0.25) is 0 Å². The van der Waals surface area contributed by atoms with Crippen LogP contribution < -0.4 is 5.32 Å². The molecule has 1 saturated heterocycles. The molecule has 118 valence electrons. The second-order valence-electron chi connectivity index (χ2n) is 5.53. The molecule has 1 atom stereocenters. The number of hydrogen-bond acceptors (Lipinski definition) is 5. The predicted molar refractivity (Wildman–Crippen MR) is 83.2 cm³/mol. The molecule has 2 aromatic rings. The molecular weight excluding hydrogens is 294 g/mol. The van der Waals surface area contributed by atoms with E-state index in [1.807, 2.05) is 18.2 Å². The number of carbonyl (C=O) groups is 1. The standard InChI is InChI=1S/C15H17N7O/c1-21-19-14(18-20-21)12-5-2-6-13(8-12)17-15(23)22-7-3-4-11(9-16)10-22/h2,5-6,8,11H,3-4,7,10H2,1H3,(H,17,23)/t11-/m1/s1. The number of hydrogen-bond donors (Lipinski definition) is 1. The van der Waals surface area contributed by atoms with Crippen LogP contribution in [0.3, 0.4) is 0 Å². The summed E-state index contributed by atoms with van der Waals surface area (Å²) in [6, 6.07) is 9.36. The number of nitrogens with zero attached hydrogens (tertiary/aromatic N) is 6. The fraction of sp³-hybridized carbons (Fsp3) is 0.400. The lowest BCUT2D eigenvalue weighted by Crippen LogP contribution is -2.42. The van der Waals surface area contributed by atoms with Gasteiger partial charge in [-0.2, -0.15) is 10.1 Å². The molecule has 1 aromatic heterocycles. The van der Waals surface area contributed by atoms with Gasteiger partial charge in [0.1, 0.15) is 0 Å². The Morgan fingerprint density at radius 3 is 3.09 bits per heavy atom. The summed E-state index contributed by atoms with van der Waals surface area (Å²) >= 11 is 0. The highest BCUT2D eigenvalue weighted by atomic mass is 16.2. The number of anilines is 1. The number of nitriles is 1. The van der Waals surface area contributed by atoms with Gasteiger partial charge in [0.05, 0.1) is 19.0 Å². The first kappa shape index (κ1) is 15.0. The number of piperidine rings is 1. The fourth-order valence-electron chi connectivity index (χ4n) is 2.61. The largest absolute Gasteiger partial charge is 0.323 e. The highest BCUT2D eigenvalue weighted by molar-refractivity contribution is 5.90. The van der Waals surface area contributed by atoms with Crippen molar-refractivity contribution in [3.05, 3.63) is 24.3 Å². The Kier molecular flexibility index (Phi) is 4.19. The van der Waals surface area contributed by atoms with E-state index in [4.69, 9.17) is 5.26 Å². The number of amides is 2. The lowest BCUT2D eigenvalue weighted by molar-refractivity contribution is 0.189. The van der Waals surface area contributed by atoms with Crippen LogP contribution in [0.25, 0.3) is 11.4 Å². The number of urea groups is 1. The Hall–Kier alpha value is -2.95. The van der Waals surface area contributed by atoms with Gasteiger partial charge in [-0.1, -0.05) is 12.1 Å². The van der Waals surface area contributed by atoms with Gasteiger partial charge in [0.25, 0.3) is 0 Å². The zero-order valence-corrected chi connectivity index (χ0v) is 12.8. The fourth-order valence-corrected chi connectivity index (χ4v) is 2.61. The third kappa shape index (κ3) is 3.45. The maximum Gasteiger partial charge on any atom is 0.321 e. The maximum absolute atomic E-state index is 12.3. The van der Waals surface area contributed by atoms with Gasteiger partial charge in [-0.15, -0.1) is 10.2 Å². The van der Waals surface area contributed by atoms with Gasteiger partial charge < -0.3 is 10.2 Å². The number of likely N-dealkylation sites (tertiary alicyclic amines) is 1. The molecule has 8 nitrogen and oxygen atoms in total. The second kappa shape index (κ2) is 6.44. The number of nitrogens with one attached hydrogen (secondary N) is 1. The van der Waals surface area contributed by atoms with Crippen LogP contribution in [0.1, 0.15) is 12.8 Å². The normalized spacial score (nSPS) is 17.6. The molecule has 23 heavy (non-hydrogen) atoms. The number of benzene rings is 1. The molecule has 0 aliphatic carbocycles. The van der Waals surface area contributed by atoms with E-state index >= 15 is 0 Å². The summed E-state index contributed by atoms with van der Waals surface area (Å²) in [4.78, 5) is 15.4. The summed E-state index contributed by atoms with van der Waals surface area (Å²) in [6.07, 6.45) is 1.71. The molecule has 0 radical (unpaired) electrons. The quantitative estimate of drug-likeness (QED) is 0.909. The number of tetrazole rings is 1. The van der Waals surface area contributed by atoms with E-state index in [-0.39, 0.29) is 11.9 Å². The van der Waals surface area contributed by atoms with Crippen LogP contribution >= 0.6 is 0 Å². The molecule has 1 aliphatic rings. The van der Waals surface area contributed by atoms with Crippen LogP contribution in [0.2, 0.25) is 0 Å². The number of aryl methyl sites for hydroxylation is 1. The summed E-state index contributed by atoms with van der Waals surface area (Å²) in [5.41, 5.74) is 1.45. The minimum atomic E-state index is -0.186. The zero-order chi connectivity index (χ0) is 16.2. The van der Waals surface area contributed by atoms with Gasteiger partial charge in [0.2, 0.25) is 5.82 Å².